The number of alkyl halides is 3. The molecule has 0 spiro atoms. The molecule has 0 saturated heterocycles. The summed E-state index contributed by atoms with van der Waals surface area (Å²) in [4.78, 5) is 65.9. The van der Waals surface area contributed by atoms with E-state index >= 15 is 0 Å². The Morgan fingerprint density at radius 3 is 2.09 bits per heavy atom. The van der Waals surface area contributed by atoms with Gasteiger partial charge in [0.2, 0.25) is 11.9 Å². The van der Waals surface area contributed by atoms with Gasteiger partial charge < -0.3 is 41.2 Å². The summed E-state index contributed by atoms with van der Waals surface area (Å²) < 4.78 is 49.3. The third kappa shape index (κ3) is 11.5. The number of halogens is 4. The maximum Gasteiger partial charge on any atom is 0.422 e. The van der Waals surface area contributed by atoms with E-state index in [0.717, 1.165) is 5.56 Å². The fourth-order valence-corrected chi connectivity index (χ4v) is 5.48. The van der Waals surface area contributed by atoms with Crippen LogP contribution in [-0.2, 0) is 19.9 Å². The summed E-state index contributed by atoms with van der Waals surface area (Å²) in [5.74, 6) is -3.32. The van der Waals surface area contributed by atoms with Crippen LogP contribution in [0.2, 0.25) is 5.02 Å². The Hall–Kier alpha value is -7.02. The maximum atomic E-state index is 13.0. The van der Waals surface area contributed by atoms with Crippen molar-refractivity contribution in [3.63, 3.8) is 0 Å². The lowest BCUT2D eigenvalue weighted by molar-refractivity contribution is -0.154. The molecule has 5 aromatic rings. The minimum atomic E-state index is -4.65. The van der Waals surface area contributed by atoms with E-state index in [9.17, 15) is 37.5 Å². The number of benzene rings is 3. The number of carbonyl (C=O) groups is 4. The summed E-state index contributed by atoms with van der Waals surface area (Å²) in [7, 11) is 0. The van der Waals surface area contributed by atoms with Crippen molar-refractivity contribution in [2.75, 3.05) is 29.1 Å². The standard InChI is InChI=1S/C38H33ClF3N9O7/c39-24-5-3-23(4-6-24)37(16-17-37)51-35-48-34(49-36(50-35)57-21-38(40,41)42)46-26-7-1-22(2-8-26)30(52)47-29(33(55)56)15-20-44-31(53)32(54)45-25-9-11-27(12-10-25)58-28-13-18-43-19-14-28/h1-14,18-19,29H,15-17,20-21H2,(H,44,53)(H,45,54)(H,47,52)(H,55,56)(H2,46,48,49,50,51)/t29-/m0/s1. The van der Waals surface area contributed by atoms with E-state index in [1.807, 2.05) is 12.1 Å². The van der Waals surface area contributed by atoms with Crippen molar-refractivity contribution in [1.82, 2.24) is 30.6 Å². The molecule has 20 heteroatoms. The number of aliphatic carboxylic acids is 1. The number of carbonyl (C=O) groups excluding carboxylic acids is 3. The largest absolute Gasteiger partial charge is 0.480 e. The molecule has 300 valence electrons. The van der Waals surface area contributed by atoms with Crippen LogP contribution in [0.15, 0.2) is 97.3 Å². The summed E-state index contributed by atoms with van der Waals surface area (Å²) in [6.45, 7) is -1.90. The third-order valence-electron chi connectivity index (χ3n) is 8.41. The fraction of sp³-hybridized carbons (Fsp3) is 0.211. The predicted octanol–water partition coefficient (Wildman–Crippen LogP) is 5.83. The summed E-state index contributed by atoms with van der Waals surface area (Å²) >= 11 is 6.02. The number of carboxylic acid groups (broad SMARTS) is 1. The molecule has 1 aliphatic carbocycles. The van der Waals surface area contributed by atoms with Gasteiger partial charge in [-0.25, -0.2) is 4.79 Å². The molecule has 0 unspecified atom stereocenters. The summed E-state index contributed by atoms with van der Waals surface area (Å²) in [6.07, 6.45) is -0.374. The molecule has 1 fully saturated rings. The first kappa shape index (κ1) is 40.6. The van der Waals surface area contributed by atoms with Crippen LogP contribution in [0.5, 0.6) is 17.5 Å². The van der Waals surface area contributed by atoms with Gasteiger partial charge in [0.25, 0.3) is 5.91 Å². The van der Waals surface area contributed by atoms with Crippen LogP contribution in [0, 0.1) is 0 Å². The number of pyridine rings is 1. The number of rotatable bonds is 16. The number of nitrogens with zero attached hydrogens (tertiary/aromatic N) is 4. The van der Waals surface area contributed by atoms with Crippen molar-refractivity contribution in [3.05, 3.63) is 113 Å². The molecule has 1 saturated carbocycles. The first-order chi connectivity index (χ1) is 27.7. The van der Waals surface area contributed by atoms with Gasteiger partial charge in [-0.2, -0.15) is 28.1 Å². The molecular weight excluding hydrogens is 787 g/mol. The molecular formula is C38H33ClF3N9O7. The number of nitrogens with one attached hydrogen (secondary N) is 5. The number of anilines is 4. The van der Waals surface area contributed by atoms with Crippen LogP contribution >= 0.6 is 11.6 Å². The average molecular weight is 820 g/mol. The molecule has 2 aromatic heterocycles. The van der Waals surface area contributed by atoms with E-state index in [1.54, 1.807) is 48.8 Å². The maximum absolute atomic E-state index is 13.0. The first-order valence-corrected chi connectivity index (χ1v) is 17.8. The molecule has 6 N–H and O–H groups in total. The number of ether oxygens (including phenoxy) is 2. The Morgan fingerprint density at radius 2 is 1.45 bits per heavy atom. The van der Waals surface area contributed by atoms with Crippen LogP contribution < -0.4 is 36.1 Å². The van der Waals surface area contributed by atoms with Crippen molar-refractivity contribution in [2.45, 2.75) is 37.0 Å². The zero-order valence-electron chi connectivity index (χ0n) is 30.0. The molecule has 1 atom stereocenters. The molecule has 3 amide bonds. The zero-order chi connectivity index (χ0) is 41.3. The van der Waals surface area contributed by atoms with Gasteiger partial charge in [-0.3, -0.25) is 19.4 Å². The van der Waals surface area contributed by atoms with E-state index < -0.39 is 54.1 Å². The second-order valence-corrected chi connectivity index (χ2v) is 13.2. The molecule has 16 nitrogen and oxygen atoms in total. The normalized spacial score (nSPS) is 13.3. The highest BCUT2D eigenvalue weighted by Crippen LogP contribution is 2.48. The molecule has 58 heavy (non-hydrogen) atoms. The lowest BCUT2D eigenvalue weighted by atomic mass is 10.1. The van der Waals surface area contributed by atoms with E-state index in [2.05, 4.69) is 46.5 Å². The average Bonchev–Trinajstić information content (AvgIpc) is 3.98. The van der Waals surface area contributed by atoms with E-state index in [0.29, 0.717) is 40.7 Å². The van der Waals surface area contributed by atoms with Gasteiger partial charge in [0, 0.05) is 40.9 Å². The molecule has 2 heterocycles. The minimum absolute atomic E-state index is 0.0481. The van der Waals surface area contributed by atoms with Gasteiger partial charge >= 0.3 is 30.0 Å². The Balaban J connectivity index is 1.01. The summed E-state index contributed by atoms with van der Waals surface area (Å²) in [6, 6.07) is 20.2. The number of carboxylic acids is 1. The van der Waals surface area contributed by atoms with Crippen molar-refractivity contribution in [1.29, 1.82) is 0 Å². The predicted molar refractivity (Wildman–Crippen MR) is 203 cm³/mol. The van der Waals surface area contributed by atoms with Gasteiger partial charge in [0.15, 0.2) is 6.61 Å². The lowest BCUT2D eigenvalue weighted by Crippen LogP contribution is -2.44. The number of aromatic nitrogens is 4. The van der Waals surface area contributed by atoms with Gasteiger partial charge in [-0.1, -0.05) is 23.7 Å². The first-order valence-electron chi connectivity index (χ1n) is 17.4. The Labute approximate surface area is 332 Å². The second-order valence-electron chi connectivity index (χ2n) is 12.8. The molecule has 3 aromatic carbocycles. The number of amides is 3. The number of hydrogen-bond donors (Lipinski definition) is 6. The quantitative estimate of drug-likeness (QED) is 0.0647. The fourth-order valence-electron chi connectivity index (χ4n) is 5.35. The highest BCUT2D eigenvalue weighted by Gasteiger charge is 2.45. The van der Waals surface area contributed by atoms with Crippen molar-refractivity contribution >= 4 is 58.6 Å². The van der Waals surface area contributed by atoms with E-state index in [1.165, 1.54) is 36.4 Å². The van der Waals surface area contributed by atoms with E-state index in [4.69, 9.17) is 21.1 Å². The molecule has 6 rings (SSSR count). The molecule has 0 aliphatic heterocycles. The monoisotopic (exact) mass is 819 g/mol. The Kier molecular flexibility index (Phi) is 12.5. The Morgan fingerprint density at radius 1 is 0.810 bits per heavy atom. The van der Waals surface area contributed by atoms with Gasteiger partial charge in [-0.15, -0.1) is 0 Å². The van der Waals surface area contributed by atoms with Gasteiger partial charge in [0.1, 0.15) is 17.5 Å². The highest BCUT2D eigenvalue weighted by atomic mass is 35.5. The number of hydrogen-bond acceptors (Lipinski definition) is 12. The van der Waals surface area contributed by atoms with Crippen LogP contribution in [-0.4, -0.2) is 74.1 Å². The highest BCUT2D eigenvalue weighted by molar-refractivity contribution is 6.39. The molecule has 0 radical (unpaired) electrons. The topological polar surface area (TPSA) is 219 Å². The smallest absolute Gasteiger partial charge is 0.422 e. The van der Waals surface area contributed by atoms with Gasteiger partial charge in [0.05, 0.1) is 5.54 Å². The SMILES string of the molecule is O=C(NCC[C@H](NC(=O)c1ccc(Nc2nc(NC3(c4ccc(Cl)cc4)CC3)nc(OCC(F)(F)F)n2)cc1)C(=O)O)C(=O)Nc1ccc(Oc2ccncc2)cc1. The van der Waals surface area contributed by atoms with Crippen LogP contribution in [0.25, 0.3) is 0 Å². The van der Waals surface area contributed by atoms with Crippen molar-refractivity contribution in [2.24, 2.45) is 0 Å². The lowest BCUT2D eigenvalue weighted by Gasteiger charge is -2.19. The molecule has 1 aliphatic rings. The molecule has 0 bridgehead atoms. The third-order valence-corrected chi connectivity index (χ3v) is 8.66. The minimum Gasteiger partial charge on any atom is -0.480 e. The van der Waals surface area contributed by atoms with Crippen LogP contribution in [0.1, 0.15) is 35.2 Å². The van der Waals surface area contributed by atoms with E-state index in [-0.39, 0.29) is 30.4 Å². The zero-order valence-corrected chi connectivity index (χ0v) is 30.8. The van der Waals surface area contributed by atoms with Crippen molar-refractivity contribution in [3.8, 4) is 17.5 Å². The van der Waals surface area contributed by atoms with Crippen molar-refractivity contribution < 1.29 is 46.9 Å². The van der Waals surface area contributed by atoms with Crippen LogP contribution in [0.3, 0.4) is 0 Å². The van der Waals surface area contributed by atoms with Crippen LogP contribution in [0.4, 0.5) is 36.4 Å². The second kappa shape index (κ2) is 17.8. The summed E-state index contributed by atoms with van der Waals surface area (Å²) in [5, 5.41) is 23.4. The summed E-state index contributed by atoms with van der Waals surface area (Å²) in [5.41, 5.74) is 0.996. The van der Waals surface area contributed by atoms with Gasteiger partial charge in [-0.05, 0) is 97.6 Å². The Bertz CT molecular complexity index is 2250.